The summed E-state index contributed by atoms with van der Waals surface area (Å²) < 4.78 is 13.6. The van der Waals surface area contributed by atoms with Crippen LogP contribution in [0.3, 0.4) is 0 Å². The lowest BCUT2D eigenvalue weighted by atomic mass is 10.2. The average Bonchev–Trinajstić information content (AvgIpc) is 2.92. The molecule has 1 aromatic heterocycles. The van der Waals surface area contributed by atoms with Gasteiger partial charge in [-0.05, 0) is 37.5 Å². The molecule has 1 heterocycles. The predicted octanol–water partition coefficient (Wildman–Crippen LogP) is 2.61. The molecule has 3 rings (SSSR count). The molecule has 1 amide bonds. The first kappa shape index (κ1) is 12.1. The minimum Gasteiger partial charge on any atom is -0.399 e. The molecule has 1 aromatic carbocycles. The third-order valence-corrected chi connectivity index (χ3v) is 4.12. The van der Waals surface area contributed by atoms with Crippen molar-refractivity contribution in [2.45, 2.75) is 19.3 Å². The van der Waals surface area contributed by atoms with Crippen LogP contribution in [0.5, 0.6) is 0 Å². The van der Waals surface area contributed by atoms with E-state index in [1.165, 1.54) is 34.4 Å². The van der Waals surface area contributed by atoms with Gasteiger partial charge in [0.2, 0.25) is 0 Å². The molecular weight excluding hydrogens is 265 g/mol. The minimum atomic E-state index is -0.587. The van der Waals surface area contributed by atoms with E-state index in [0.717, 1.165) is 25.0 Å². The van der Waals surface area contributed by atoms with Gasteiger partial charge in [0, 0.05) is 10.6 Å². The Kier molecular flexibility index (Phi) is 2.94. The van der Waals surface area contributed by atoms with Crippen molar-refractivity contribution < 1.29 is 9.18 Å². The van der Waals surface area contributed by atoms with E-state index >= 15 is 0 Å². The van der Waals surface area contributed by atoms with Gasteiger partial charge in [0.25, 0.3) is 5.91 Å². The van der Waals surface area contributed by atoms with Crippen LogP contribution in [0.4, 0.5) is 15.2 Å². The molecule has 4 nitrogen and oxygen atoms in total. The number of nitrogens with two attached hydrogens (primary N) is 1. The van der Waals surface area contributed by atoms with E-state index in [2.05, 4.69) is 10.3 Å². The molecule has 0 atom stereocenters. The van der Waals surface area contributed by atoms with Crippen LogP contribution in [0.25, 0.3) is 0 Å². The van der Waals surface area contributed by atoms with Gasteiger partial charge in [0.05, 0.1) is 11.3 Å². The zero-order chi connectivity index (χ0) is 13.4. The third-order valence-electron chi connectivity index (χ3n) is 3.05. The molecule has 19 heavy (non-hydrogen) atoms. The number of thiazole rings is 1. The standard InChI is InChI=1S/C13H12FN3OS/c14-9-5-4-7(15)6-8(9)12(18)17-13-16-10-2-1-3-11(10)19-13/h4-6H,1-3,15H2,(H,16,17,18). The van der Waals surface area contributed by atoms with Crippen molar-refractivity contribution in [2.24, 2.45) is 0 Å². The first-order valence-corrected chi connectivity index (χ1v) is 6.80. The number of nitrogens with zero attached hydrogens (tertiary/aromatic N) is 1. The normalized spacial score (nSPS) is 13.3. The van der Waals surface area contributed by atoms with E-state index in [0.29, 0.717) is 10.8 Å². The predicted molar refractivity (Wildman–Crippen MR) is 72.9 cm³/mol. The van der Waals surface area contributed by atoms with Gasteiger partial charge in [0.1, 0.15) is 5.82 Å². The topological polar surface area (TPSA) is 68.0 Å². The molecule has 0 unspecified atom stereocenters. The number of halogens is 1. The number of aryl methyl sites for hydroxylation is 2. The lowest BCUT2D eigenvalue weighted by Gasteiger charge is -2.04. The highest BCUT2D eigenvalue weighted by Crippen LogP contribution is 2.30. The summed E-state index contributed by atoms with van der Waals surface area (Å²) in [7, 11) is 0. The van der Waals surface area contributed by atoms with Crippen molar-refractivity contribution in [1.82, 2.24) is 4.98 Å². The van der Waals surface area contributed by atoms with Crippen LogP contribution >= 0.6 is 11.3 Å². The number of carbonyl (C=O) groups excluding carboxylic acids is 1. The lowest BCUT2D eigenvalue weighted by molar-refractivity contribution is 0.102. The summed E-state index contributed by atoms with van der Waals surface area (Å²) in [5.74, 6) is -1.10. The molecule has 0 aliphatic heterocycles. The van der Waals surface area contributed by atoms with Crippen molar-refractivity contribution in [3.05, 3.63) is 40.2 Å². The van der Waals surface area contributed by atoms with E-state index in [4.69, 9.17) is 5.73 Å². The summed E-state index contributed by atoms with van der Waals surface area (Å²) >= 11 is 1.46. The Labute approximate surface area is 113 Å². The Bertz CT molecular complexity index is 632. The SMILES string of the molecule is Nc1ccc(F)c(C(=O)Nc2nc3c(s2)CCC3)c1. The number of aromatic nitrogens is 1. The Morgan fingerprint density at radius 1 is 1.42 bits per heavy atom. The van der Waals surface area contributed by atoms with Gasteiger partial charge in [-0.25, -0.2) is 9.37 Å². The molecule has 98 valence electrons. The van der Waals surface area contributed by atoms with E-state index in [1.807, 2.05) is 0 Å². The Balaban J connectivity index is 1.82. The molecule has 1 aliphatic rings. The first-order valence-electron chi connectivity index (χ1n) is 5.98. The number of fused-ring (bicyclic) bond motifs is 1. The van der Waals surface area contributed by atoms with Gasteiger partial charge < -0.3 is 5.73 Å². The number of amides is 1. The van der Waals surface area contributed by atoms with Gasteiger partial charge >= 0.3 is 0 Å². The molecule has 0 saturated heterocycles. The first-order chi connectivity index (χ1) is 9.13. The summed E-state index contributed by atoms with van der Waals surface area (Å²) in [6.07, 6.45) is 3.08. The van der Waals surface area contributed by atoms with Crippen LogP contribution in [0.1, 0.15) is 27.3 Å². The molecule has 2 aromatic rings. The van der Waals surface area contributed by atoms with E-state index in [1.54, 1.807) is 0 Å². The summed E-state index contributed by atoms with van der Waals surface area (Å²) in [6.45, 7) is 0. The summed E-state index contributed by atoms with van der Waals surface area (Å²) in [5.41, 5.74) is 6.90. The maximum absolute atomic E-state index is 13.6. The molecule has 0 radical (unpaired) electrons. The lowest BCUT2D eigenvalue weighted by Crippen LogP contribution is -2.14. The van der Waals surface area contributed by atoms with Crippen LogP contribution < -0.4 is 11.1 Å². The zero-order valence-electron chi connectivity index (χ0n) is 10.1. The van der Waals surface area contributed by atoms with Crippen molar-refractivity contribution in [1.29, 1.82) is 0 Å². The molecule has 1 aliphatic carbocycles. The van der Waals surface area contributed by atoms with Gasteiger partial charge in [0.15, 0.2) is 5.13 Å². The van der Waals surface area contributed by atoms with Gasteiger partial charge in [-0.3, -0.25) is 10.1 Å². The van der Waals surface area contributed by atoms with Crippen molar-refractivity contribution in [3.63, 3.8) is 0 Å². The smallest absolute Gasteiger partial charge is 0.260 e. The number of hydrogen-bond donors (Lipinski definition) is 2. The monoisotopic (exact) mass is 277 g/mol. The summed E-state index contributed by atoms with van der Waals surface area (Å²) in [6, 6.07) is 3.93. The quantitative estimate of drug-likeness (QED) is 0.829. The summed E-state index contributed by atoms with van der Waals surface area (Å²) in [5, 5.41) is 3.15. The van der Waals surface area contributed by atoms with Gasteiger partial charge in [-0.15, -0.1) is 11.3 Å². The highest BCUT2D eigenvalue weighted by Gasteiger charge is 2.19. The highest BCUT2D eigenvalue weighted by molar-refractivity contribution is 7.15. The minimum absolute atomic E-state index is 0.0599. The van der Waals surface area contributed by atoms with Crippen LogP contribution in [-0.4, -0.2) is 10.9 Å². The highest BCUT2D eigenvalue weighted by atomic mass is 32.1. The Morgan fingerprint density at radius 2 is 2.26 bits per heavy atom. The van der Waals surface area contributed by atoms with E-state index in [9.17, 15) is 9.18 Å². The number of anilines is 2. The number of nitrogens with one attached hydrogen (secondary N) is 1. The largest absolute Gasteiger partial charge is 0.399 e. The molecule has 6 heteroatoms. The van der Waals surface area contributed by atoms with Crippen LogP contribution in [0.15, 0.2) is 18.2 Å². The fourth-order valence-corrected chi connectivity index (χ4v) is 3.17. The number of hydrogen-bond acceptors (Lipinski definition) is 4. The molecule has 3 N–H and O–H groups in total. The maximum atomic E-state index is 13.6. The number of nitrogen functional groups attached to an aromatic ring is 1. The second-order valence-corrected chi connectivity index (χ2v) is 5.52. The molecule has 0 saturated carbocycles. The third kappa shape index (κ3) is 2.31. The Hall–Kier alpha value is -1.95. The van der Waals surface area contributed by atoms with Crippen molar-refractivity contribution in [3.8, 4) is 0 Å². The summed E-state index contributed by atoms with van der Waals surface area (Å²) in [4.78, 5) is 17.5. The fourth-order valence-electron chi connectivity index (χ4n) is 2.13. The van der Waals surface area contributed by atoms with Crippen LogP contribution in [-0.2, 0) is 12.8 Å². The molecule has 0 bridgehead atoms. The van der Waals surface area contributed by atoms with E-state index in [-0.39, 0.29) is 5.56 Å². The van der Waals surface area contributed by atoms with Crippen molar-refractivity contribution >= 4 is 28.1 Å². The van der Waals surface area contributed by atoms with Crippen molar-refractivity contribution in [2.75, 3.05) is 11.1 Å². The van der Waals surface area contributed by atoms with Gasteiger partial charge in [-0.1, -0.05) is 0 Å². The maximum Gasteiger partial charge on any atom is 0.260 e. The average molecular weight is 277 g/mol. The second kappa shape index (κ2) is 4.62. The molecule has 0 spiro atoms. The molecule has 0 fully saturated rings. The number of rotatable bonds is 2. The Morgan fingerprint density at radius 3 is 3.05 bits per heavy atom. The van der Waals surface area contributed by atoms with Gasteiger partial charge in [-0.2, -0.15) is 0 Å². The second-order valence-electron chi connectivity index (χ2n) is 4.44. The molecular formula is C13H12FN3OS. The van der Waals surface area contributed by atoms with Crippen LogP contribution in [0.2, 0.25) is 0 Å². The number of benzene rings is 1. The zero-order valence-corrected chi connectivity index (χ0v) is 10.9. The van der Waals surface area contributed by atoms with Crippen LogP contribution in [0, 0.1) is 5.82 Å². The van der Waals surface area contributed by atoms with E-state index < -0.39 is 11.7 Å². The fraction of sp³-hybridized carbons (Fsp3) is 0.231. The number of carbonyl (C=O) groups is 1.